The fourth-order valence-electron chi connectivity index (χ4n) is 2.79. The van der Waals surface area contributed by atoms with Crippen LogP contribution in [-0.2, 0) is 16.1 Å². The highest BCUT2D eigenvalue weighted by molar-refractivity contribution is 5.90. The number of carbonyl (C=O) groups excluding carboxylic acids is 1. The zero-order valence-corrected chi connectivity index (χ0v) is 20.3. The Morgan fingerprint density at radius 2 is 1.84 bits per heavy atom. The molecule has 0 bridgehead atoms. The minimum atomic E-state index is -0.728. The molecule has 32 heavy (non-hydrogen) atoms. The van der Waals surface area contributed by atoms with Crippen LogP contribution in [0.1, 0.15) is 58.9 Å². The van der Waals surface area contributed by atoms with E-state index in [1.165, 1.54) is 45.1 Å². The van der Waals surface area contributed by atoms with Gasteiger partial charge in [0, 0.05) is 31.2 Å². The van der Waals surface area contributed by atoms with Crippen molar-refractivity contribution in [1.29, 1.82) is 0 Å². The average Bonchev–Trinajstić information content (AvgIpc) is 2.77. The molecule has 0 N–H and O–H groups in total. The minimum absolute atomic E-state index is 0.236. The van der Waals surface area contributed by atoms with Crippen LogP contribution in [0.4, 0.5) is 0 Å². The monoisotopic (exact) mass is 450 g/mol. The van der Waals surface area contributed by atoms with Gasteiger partial charge in [-0.2, -0.15) is 0 Å². The maximum atomic E-state index is 10.5. The molecule has 1 rings (SSSR count). The van der Waals surface area contributed by atoms with Crippen molar-refractivity contribution in [2.24, 2.45) is 0 Å². The van der Waals surface area contributed by atoms with E-state index in [4.69, 9.17) is 9.47 Å². The Balaban J connectivity index is 0.000000687. The summed E-state index contributed by atoms with van der Waals surface area (Å²) in [7, 11) is 3.40. The van der Waals surface area contributed by atoms with E-state index >= 15 is 0 Å². The highest BCUT2D eigenvalue weighted by Crippen LogP contribution is 2.26. The molecule has 0 fully saturated rings. The summed E-state index contributed by atoms with van der Waals surface area (Å²) in [5, 5.41) is 10.1. The standard InChI is InChI=1S/C17H29NO2.C7H9NO4/c1-5-7-8-12-18(11-6-2)14-15-9-10-16(19-3)13-17(15)20-4;1-4-7(8(10)11)12-6(3)5(2)9/h9-10,13H,5-8,11-12,14H2,1-4H3;4H,3H2,1-2H3/b;7-4-. The molecule has 0 amide bonds. The molecule has 0 spiro atoms. The summed E-state index contributed by atoms with van der Waals surface area (Å²) in [6.45, 7) is 13.6. The van der Waals surface area contributed by atoms with Crippen LogP contribution in [0.3, 0.4) is 0 Å². The molecule has 0 aliphatic carbocycles. The molecule has 1 aromatic carbocycles. The molecule has 1 aromatic rings. The van der Waals surface area contributed by atoms with Gasteiger partial charge in [0.2, 0.25) is 0 Å². The first-order chi connectivity index (χ1) is 15.2. The number of hydrogen-bond donors (Lipinski definition) is 0. The Labute approximate surface area is 192 Å². The van der Waals surface area contributed by atoms with E-state index in [0.29, 0.717) is 0 Å². The second-order valence-corrected chi connectivity index (χ2v) is 7.13. The highest BCUT2D eigenvalue weighted by Gasteiger charge is 2.14. The number of ketones is 1. The van der Waals surface area contributed by atoms with Crippen molar-refractivity contribution in [2.75, 3.05) is 27.3 Å². The van der Waals surface area contributed by atoms with Crippen LogP contribution in [-0.4, -0.2) is 42.9 Å². The smallest absolute Gasteiger partial charge is 0.429 e. The normalized spacial score (nSPS) is 10.8. The van der Waals surface area contributed by atoms with Crippen LogP contribution in [0.5, 0.6) is 11.5 Å². The molecule has 0 aromatic heterocycles. The lowest BCUT2D eigenvalue weighted by Gasteiger charge is -2.23. The van der Waals surface area contributed by atoms with Crippen molar-refractivity contribution >= 4 is 5.78 Å². The van der Waals surface area contributed by atoms with E-state index in [-0.39, 0.29) is 5.76 Å². The summed E-state index contributed by atoms with van der Waals surface area (Å²) in [5.41, 5.74) is 1.23. The fourth-order valence-corrected chi connectivity index (χ4v) is 2.79. The number of allylic oxidation sites excluding steroid dienone is 2. The van der Waals surface area contributed by atoms with Crippen molar-refractivity contribution in [3.05, 3.63) is 58.2 Å². The number of methoxy groups -OCH3 is 2. The second kappa shape index (κ2) is 16.8. The van der Waals surface area contributed by atoms with E-state index in [1.807, 2.05) is 12.1 Å². The van der Waals surface area contributed by atoms with Gasteiger partial charge in [0.1, 0.15) is 16.4 Å². The van der Waals surface area contributed by atoms with Gasteiger partial charge in [0.15, 0.2) is 11.5 Å². The third-order valence-electron chi connectivity index (χ3n) is 4.55. The summed E-state index contributed by atoms with van der Waals surface area (Å²) < 4.78 is 15.3. The van der Waals surface area contributed by atoms with Crippen LogP contribution in [0.25, 0.3) is 0 Å². The lowest BCUT2D eigenvalue weighted by molar-refractivity contribution is -0.459. The Morgan fingerprint density at radius 3 is 2.31 bits per heavy atom. The molecule has 0 aliphatic rings. The summed E-state index contributed by atoms with van der Waals surface area (Å²) in [4.78, 5) is 22.5. The van der Waals surface area contributed by atoms with Gasteiger partial charge in [0.05, 0.1) is 14.2 Å². The van der Waals surface area contributed by atoms with Gasteiger partial charge < -0.3 is 14.2 Å². The zero-order chi connectivity index (χ0) is 24.5. The maximum absolute atomic E-state index is 10.5. The first-order valence-corrected chi connectivity index (χ1v) is 10.8. The summed E-state index contributed by atoms with van der Waals surface area (Å²) in [6.07, 6.45) is 6.18. The van der Waals surface area contributed by atoms with Gasteiger partial charge in [-0.1, -0.05) is 39.3 Å². The SMILES string of the molecule is C=C(O/C(=C\C)[N+](=O)[O-])C(C)=O.CCCCCN(CCC)Cc1ccc(OC)cc1OC. The number of nitrogens with zero attached hydrogens (tertiary/aromatic N) is 2. The predicted octanol–water partition coefficient (Wildman–Crippen LogP) is 5.35. The van der Waals surface area contributed by atoms with Crippen molar-refractivity contribution in [3.63, 3.8) is 0 Å². The molecule has 0 aliphatic heterocycles. The molecule has 0 unspecified atom stereocenters. The van der Waals surface area contributed by atoms with Crippen molar-refractivity contribution in [2.45, 2.75) is 59.9 Å². The van der Waals surface area contributed by atoms with Crippen LogP contribution in [0.15, 0.2) is 42.5 Å². The predicted molar refractivity (Wildman–Crippen MR) is 126 cm³/mol. The quantitative estimate of drug-likeness (QED) is 0.124. The largest absolute Gasteiger partial charge is 0.497 e. The van der Waals surface area contributed by atoms with Gasteiger partial charge in [0.25, 0.3) is 0 Å². The van der Waals surface area contributed by atoms with E-state index in [9.17, 15) is 14.9 Å². The zero-order valence-electron chi connectivity index (χ0n) is 20.3. The van der Waals surface area contributed by atoms with Crippen molar-refractivity contribution in [3.8, 4) is 11.5 Å². The second-order valence-electron chi connectivity index (χ2n) is 7.13. The molecular weight excluding hydrogens is 412 g/mol. The van der Waals surface area contributed by atoms with Crippen LogP contribution >= 0.6 is 0 Å². The number of unbranched alkanes of at least 4 members (excludes halogenated alkanes) is 2. The molecule has 0 heterocycles. The lowest BCUT2D eigenvalue weighted by Crippen LogP contribution is -2.25. The molecule has 0 radical (unpaired) electrons. The first-order valence-electron chi connectivity index (χ1n) is 10.8. The Kier molecular flexibility index (Phi) is 15.3. The Bertz CT molecular complexity index is 761. The molecule has 0 saturated carbocycles. The first kappa shape index (κ1) is 29.1. The number of carbonyl (C=O) groups is 1. The number of rotatable bonds is 14. The fraction of sp³-hybridized carbons (Fsp3) is 0.542. The molecule has 0 atom stereocenters. The van der Waals surface area contributed by atoms with E-state index < -0.39 is 16.6 Å². The molecule has 8 nitrogen and oxygen atoms in total. The van der Waals surface area contributed by atoms with Crippen molar-refractivity contribution < 1.29 is 23.9 Å². The van der Waals surface area contributed by atoms with Crippen LogP contribution < -0.4 is 9.47 Å². The Morgan fingerprint density at radius 1 is 1.16 bits per heavy atom. The summed E-state index contributed by atoms with van der Waals surface area (Å²) in [6, 6.07) is 6.08. The van der Waals surface area contributed by atoms with Crippen LogP contribution in [0, 0.1) is 10.1 Å². The van der Waals surface area contributed by atoms with Crippen molar-refractivity contribution in [1.82, 2.24) is 4.90 Å². The van der Waals surface area contributed by atoms with E-state index in [1.54, 1.807) is 14.2 Å². The van der Waals surface area contributed by atoms with Gasteiger partial charge in [-0.25, -0.2) is 0 Å². The van der Waals surface area contributed by atoms with Gasteiger partial charge >= 0.3 is 5.88 Å². The lowest BCUT2D eigenvalue weighted by atomic mass is 10.1. The summed E-state index contributed by atoms with van der Waals surface area (Å²) in [5.74, 6) is 0.603. The van der Waals surface area contributed by atoms with Gasteiger partial charge in [-0.3, -0.25) is 19.8 Å². The number of hydrogen-bond acceptors (Lipinski definition) is 7. The number of benzene rings is 1. The molecule has 0 saturated heterocycles. The topological polar surface area (TPSA) is 91.1 Å². The van der Waals surface area contributed by atoms with Gasteiger partial charge in [-0.05, 0) is 38.9 Å². The number of ether oxygens (including phenoxy) is 3. The van der Waals surface area contributed by atoms with E-state index in [2.05, 4.69) is 36.1 Å². The molecule has 180 valence electrons. The Hall–Kier alpha value is -2.87. The number of nitro groups is 1. The average molecular weight is 451 g/mol. The molecule has 8 heteroatoms. The third kappa shape index (κ3) is 11.5. The summed E-state index contributed by atoms with van der Waals surface area (Å²) >= 11 is 0. The van der Waals surface area contributed by atoms with E-state index in [0.717, 1.165) is 37.2 Å². The number of Topliss-reactive ketones (excluding diaryl/α,β-unsaturated/α-hetero) is 1. The minimum Gasteiger partial charge on any atom is -0.497 e. The molecular formula is C24H38N2O6. The highest BCUT2D eigenvalue weighted by atomic mass is 16.7. The van der Waals surface area contributed by atoms with Gasteiger partial charge in [-0.15, -0.1) is 0 Å². The third-order valence-corrected chi connectivity index (χ3v) is 4.55. The maximum Gasteiger partial charge on any atom is 0.429 e. The van der Waals surface area contributed by atoms with Crippen LogP contribution in [0.2, 0.25) is 0 Å².